The Hall–Kier alpha value is -0.610. The number of nitrogens with one attached hydrogen (secondary N) is 1. The fourth-order valence-electron chi connectivity index (χ4n) is 0.848. The molecule has 0 aromatic heterocycles. The van der Waals surface area contributed by atoms with Crippen LogP contribution in [0.1, 0.15) is 27.7 Å². The van der Waals surface area contributed by atoms with Gasteiger partial charge in [0.05, 0.1) is 12.0 Å². The molecule has 0 fully saturated rings. The summed E-state index contributed by atoms with van der Waals surface area (Å²) in [5.41, 5.74) is 4.99. The van der Waals surface area contributed by atoms with Crippen LogP contribution < -0.4 is 11.1 Å². The molecule has 0 bridgehead atoms. The number of carbonyl (C=O) groups excluding carboxylic acids is 1. The molecule has 14 heavy (non-hydrogen) atoms. The Morgan fingerprint density at radius 1 is 1.57 bits per heavy atom. The summed E-state index contributed by atoms with van der Waals surface area (Å²) in [6, 6.07) is 0.0354. The van der Waals surface area contributed by atoms with Crippen molar-refractivity contribution in [2.75, 3.05) is 19.8 Å². The van der Waals surface area contributed by atoms with E-state index in [1.807, 2.05) is 27.7 Å². The van der Waals surface area contributed by atoms with E-state index in [4.69, 9.17) is 10.5 Å². The first-order valence-electron chi connectivity index (χ1n) is 5.02. The van der Waals surface area contributed by atoms with E-state index in [0.717, 1.165) is 0 Å². The Morgan fingerprint density at radius 2 is 2.14 bits per heavy atom. The van der Waals surface area contributed by atoms with E-state index in [1.165, 1.54) is 0 Å². The number of amides is 1. The number of hydrogen-bond acceptors (Lipinski definition) is 3. The molecule has 0 aliphatic carbocycles. The molecule has 0 rings (SSSR count). The van der Waals surface area contributed by atoms with Crippen molar-refractivity contribution in [3.05, 3.63) is 0 Å². The quantitative estimate of drug-likeness (QED) is 0.659. The Kier molecular flexibility index (Phi) is 5.72. The van der Waals surface area contributed by atoms with Crippen LogP contribution in [0.3, 0.4) is 0 Å². The van der Waals surface area contributed by atoms with E-state index in [0.29, 0.717) is 19.8 Å². The molecule has 3 N–H and O–H groups in total. The second-order valence-corrected chi connectivity index (χ2v) is 4.12. The van der Waals surface area contributed by atoms with Crippen molar-refractivity contribution < 1.29 is 9.53 Å². The SMILES string of the molecule is CCOCC(C)NC(=O)C(C)(C)CN. The molecule has 1 atom stereocenters. The van der Waals surface area contributed by atoms with Crippen molar-refractivity contribution in [2.45, 2.75) is 33.7 Å². The molecule has 0 heterocycles. The molecule has 0 spiro atoms. The lowest BCUT2D eigenvalue weighted by molar-refractivity contribution is -0.129. The molecule has 4 heteroatoms. The average Bonchev–Trinajstić information content (AvgIpc) is 2.14. The van der Waals surface area contributed by atoms with E-state index >= 15 is 0 Å². The van der Waals surface area contributed by atoms with E-state index < -0.39 is 5.41 Å². The largest absolute Gasteiger partial charge is 0.380 e. The molecular weight excluding hydrogens is 180 g/mol. The predicted octanol–water partition coefficient (Wildman–Crippen LogP) is 0.513. The summed E-state index contributed by atoms with van der Waals surface area (Å²) in [6.45, 7) is 9.06. The minimum atomic E-state index is -0.500. The summed E-state index contributed by atoms with van der Waals surface area (Å²) in [5, 5.41) is 2.86. The van der Waals surface area contributed by atoms with Crippen LogP contribution >= 0.6 is 0 Å². The van der Waals surface area contributed by atoms with E-state index in [1.54, 1.807) is 0 Å². The molecule has 1 amide bonds. The standard InChI is InChI=1S/C10H22N2O2/c1-5-14-6-8(2)12-9(13)10(3,4)7-11/h8H,5-7,11H2,1-4H3,(H,12,13). The third kappa shape index (κ3) is 4.58. The summed E-state index contributed by atoms with van der Waals surface area (Å²) in [6.07, 6.45) is 0. The Morgan fingerprint density at radius 3 is 2.57 bits per heavy atom. The van der Waals surface area contributed by atoms with Crippen LogP contribution in [-0.4, -0.2) is 31.7 Å². The van der Waals surface area contributed by atoms with Gasteiger partial charge in [0.2, 0.25) is 5.91 Å². The molecule has 0 aromatic rings. The topological polar surface area (TPSA) is 64.3 Å². The first-order valence-corrected chi connectivity index (χ1v) is 5.02. The van der Waals surface area contributed by atoms with Gasteiger partial charge in [0.1, 0.15) is 0 Å². The monoisotopic (exact) mass is 202 g/mol. The van der Waals surface area contributed by atoms with Gasteiger partial charge in [-0.3, -0.25) is 4.79 Å². The average molecular weight is 202 g/mol. The van der Waals surface area contributed by atoms with Crippen molar-refractivity contribution in [1.82, 2.24) is 5.32 Å². The number of nitrogens with two attached hydrogens (primary N) is 1. The molecule has 0 saturated heterocycles. The van der Waals surface area contributed by atoms with Crippen LogP contribution in [0.15, 0.2) is 0 Å². The second-order valence-electron chi connectivity index (χ2n) is 4.12. The smallest absolute Gasteiger partial charge is 0.227 e. The van der Waals surface area contributed by atoms with Gasteiger partial charge in [-0.05, 0) is 27.7 Å². The van der Waals surface area contributed by atoms with Gasteiger partial charge in [0.15, 0.2) is 0 Å². The maximum Gasteiger partial charge on any atom is 0.227 e. The molecular formula is C10H22N2O2. The van der Waals surface area contributed by atoms with Crippen molar-refractivity contribution in [1.29, 1.82) is 0 Å². The molecule has 1 unspecified atom stereocenters. The van der Waals surface area contributed by atoms with Gasteiger partial charge in [-0.1, -0.05) is 0 Å². The van der Waals surface area contributed by atoms with Gasteiger partial charge in [-0.2, -0.15) is 0 Å². The Bertz CT molecular complexity index is 181. The highest BCUT2D eigenvalue weighted by molar-refractivity contribution is 5.82. The van der Waals surface area contributed by atoms with Crippen LogP contribution in [0, 0.1) is 5.41 Å². The fourth-order valence-corrected chi connectivity index (χ4v) is 0.848. The predicted molar refractivity (Wildman–Crippen MR) is 56.9 cm³/mol. The minimum absolute atomic E-state index is 0.0211. The third-order valence-corrected chi connectivity index (χ3v) is 2.07. The molecule has 0 aliphatic rings. The lowest BCUT2D eigenvalue weighted by atomic mass is 9.92. The third-order valence-electron chi connectivity index (χ3n) is 2.07. The van der Waals surface area contributed by atoms with Crippen LogP contribution in [-0.2, 0) is 9.53 Å². The zero-order chi connectivity index (χ0) is 11.2. The summed E-state index contributed by atoms with van der Waals surface area (Å²) in [7, 11) is 0. The van der Waals surface area contributed by atoms with Gasteiger partial charge in [-0.15, -0.1) is 0 Å². The zero-order valence-electron chi connectivity index (χ0n) is 9.59. The second kappa shape index (κ2) is 5.98. The molecule has 0 aliphatic heterocycles. The Balaban J connectivity index is 3.93. The summed E-state index contributed by atoms with van der Waals surface area (Å²) in [4.78, 5) is 11.6. The molecule has 0 aromatic carbocycles. The maximum atomic E-state index is 11.6. The van der Waals surface area contributed by atoms with Crippen molar-refractivity contribution in [3.63, 3.8) is 0 Å². The van der Waals surface area contributed by atoms with E-state index in [-0.39, 0.29) is 11.9 Å². The van der Waals surface area contributed by atoms with Gasteiger partial charge >= 0.3 is 0 Å². The maximum absolute atomic E-state index is 11.6. The fraction of sp³-hybridized carbons (Fsp3) is 0.900. The first kappa shape index (κ1) is 13.4. The molecule has 0 radical (unpaired) electrons. The highest BCUT2D eigenvalue weighted by Gasteiger charge is 2.26. The van der Waals surface area contributed by atoms with E-state index in [9.17, 15) is 4.79 Å². The van der Waals surface area contributed by atoms with Crippen molar-refractivity contribution in [3.8, 4) is 0 Å². The van der Waals surface area contributed by atoms with Gasteiger partial charge in [0.25, 0.3) is 0 Å². The summed E-state index contributed by atoms with van der Waals surface area (Å²) in [5.74, 6) is -0.0211. The highest BCUT2D eigenvalue weighted by Crippen LogP contribution is 2.12. The molecule has 0 saturated carbocycles. The Labute approximate surface area is 86.2 Å². The number of ether oxygens (including phenoxy) is 1. The van der Waals surface area contributed by atoms with Crippen LogP contribution in [0.25, 0.3) is 0 Å². The summed E-state index contributed by atoms with van der Waals surface area (Å²) < 4.78 is 5.20. The first-order chi connectivity index (χ1) is 6.44. The minimum Gasteiger partial charge on any atom is -0.380 e. The van der Waals surface area contributed by atoms with Crippen molar-refractivity contribution >= 4 is 5.91 Å². The zero-order valence-corrected chi connectivity index (χ0v) is 9.59. The van der Waals surface area contributed by atoms with Crippen LogP contribution in [0.2, 0.25) is 0 Å². The van der Waals surface area contributed by atoms with Crippen LogP contribution in [0.4, 0.5) is 0 Å². The number of carbonyl (C=O) groups is 1. The van der Waals surface area contributed by atoms with Gasteiger partial charge in [-0.25, -0.2) is 0 Å². The van der Waals surface area contributed by atoms with E-state index in [2.05, 4.69) is 5.32 Å². The molecule has 84 valence electrons. The van der Waals surface area contributed by atoms with Crippen molar-refractivity contribution in [2.24, 2.45) is 11.1 Å². The number of hydrogen-bond donors (Lipinski definition) is 2. The normalized spacial score (nSPS) is 13.8. The highest BCUT2D eigenvalue weighted by atomic mass is 16.5. The lowest BCUT2D eigenvalue weighted by Crippen LogP contribution is -2.46. The summed E-state index contributed by atoms with van der Waals surface area (Å²) >= 11 is 0. The number of rotatable bonds is 6. The molecule has 4 nitrogen and oxygen atoms in total. The van der Waals surface area contributed by atoms with Gasteiger partial charge in [0, 0.05) is 19.2 Å². The van der Waals surface area contributed by atoms with Gasteiger partial charge < -0.3 is 15.8 Å². The lowest BCUT2D eigenvalue weighted by Gasteiger charge is -2.24. The van der Waals surface area contributed by atoms with Crippen LogP contribution in [0.5, 0.6) is 0 Å².